The Balaban J connectivity index is 1.70. The second-order valence-electron chi connectivity index (χ2n) is 7.16. The number of rotatable bonds is 4. The van der Waals surface area contributed by atoms with Gasteiger partial charge >= 0.3 is 6.03 Å². The van der Waals surface area contributed by atoms with Gasteiger partial charge in [0.25, 0.3) is 0 Å². The lowest BCUT2D eigenvalue weighted by molar-refractivity contribution is -0.121. The van der Waals surface area contributed by atoms with E-state index in [0.29, 0.717) is 26.1 Å². The van der Waals surface area contributed by atoms with E-state index < -0.39 is 18.2 Å². The lowest BCUT2D eigenvalue weighted by atomic mass is 10.0. The number of likely N-dealkylation sites (N-methyl/N-ethyl adjacent to an activating group) is 1. The maximum Gasteiger partial charge on any atom is 0.312 e. The summed E-state index contributed by atoms with van der Waals surface area (Å²) < 4.78 is 14.2. The Kier molecular flexibility index (Phi) is 5.31. The highest BCUT2D eigenvalue weighted by molar-refractivity contribution is 5.99. The molecule has 8 heteroatoms. The molecule has 0 aliphatic carbocycles. The maximum atomic E-state index is 14.2. The predicted molar refractivity (Wildman–Crippen MR) is 99.1 cm³/mol. The van der Waals surface area contributed by atoms with E-state index in [0.717, 1.165) is 17.8 Å². The normalized spacial score (nSPS) is 26.5. The van der Waals surface area contributed by atoms with Crippen LogP contribution < -0.4 is 20.9 Å². The number of carbonyl (C=O) groups is 2. The molecule has 2 fully saturated rings. The number of nitrogens with one attached hydrogen (secondary N) is 1. The zero-order chi connectivity index (χ0) is 18.8. The molecular formula is C18H26FN5O2. The summed E-state index contributed by atoms with van der Waals surface area (Å²) in [6.45, 7) is 1.62. The van der Waals surface area contributed by atoms with Crippen LogP contribution in [0.1, 0.15) is 12.8 Å². The van der Waals surface area contributed by atoms with E-state index in [9.17, 15) is 14.0 Å². The molecule has 2 aliphatic heterocycles. The number of anilines is 2. The average molecular weight is 363 g/mol. The fourth-order valence-electron chi connectivity index (χ4n) is 3.73. The largest absolute Gasteiger partial charge is 0.367 e. The smallest absolute Gasteiger partial charge is 0.312 e. The Morgan fingerprint density at radius 1 is 1.23 bits per heavy atom. The molecule has 142 valence electrons. The third-order valence-corrected chi connectivity index (χ3v) is 5.16. The van der Waals surface area contributed by atoms with Crippen LogP contribution in [-0.2, 0) is 4.79 Å². The summed E-state index contributed by atoms with van der Waals surface area (Å²) in [6, 6.07) is 6.20. The summed E-state index contributed by atoms with van der Waals surface area (Å²) in [5, 5.41) is 2.50. The molecule has 0 radical (unpaired) electrons. The first kappa shape index (κ1) is 18.4. The maximum absolute atomic E-state index is 14.2. The summed E-state index contributed by atoms with van der Waals surface area (Å²) >= 11 is 0. The lowest BCUT2D eigenvalue weighted by Gasteiger charge is -2.32. The number of piperidine rings is 1. The SMILES string of the molecule is CN(C)C1CN(c2ccc(N3CCC[C@@H](NC(N)=O)C3=O)cc2)CC1F. The van der Waals surface area contributed by atoms with Crippen molar-refractivity contribution in [3.8, 4) is 0 Å². The van der Waals surface area contributed by atoms with Crippen molar-refractivity contribution in [2.75, 3.05) is 43.5 Å². The molecule has 3 rings (SSSR count). The number of alkyl halides is 1. The van der Waals surface area contributed by atoms with Crippen molar-refractivity contribution in [2.24, 2.45) is 5.73 Å². The number of urea groups is 1. The van der Waals surface area contributed by atoms with Gasteiger partial charge < -0.3 is 25.8 Å². The van der Waals surface area contributed by atoms with Crippen molar-refractivity contribution in [3.05, 3.63) is 24.3 Å². The molecule has 3 atom stereocenters. The minimum Gasteiger partial charge on any atom is -0.367 e. The molecule has 2 heterocycles. The Morgan fingerprint density at radius 3 is 2.46 bits per heavy atom. The van der Waals surface area contributed by atoms with E-state index in [2.05, 4.69) is 5.32 Å². The number of hydrogen-bond acceptors (Lipinski definition) is 4. The average Bonchev–Trinajstić information content (AvgIpc) is 2.99. The van der Waals surface area contributed by atoms with Gasteiger partial charge in [-0.25, -0.2) is 9.18 Å². The second-order valence-corrected chi connectivity index (χ2v) is 7.16. The summed E-state index contributed by atoms with van der Waals surface area (Å²) in [4.78, 5) is 29.2. The molecule has 0 saturated carbocycles. The Hall–Kier alpha value is -2.35. The van der Waals surface area contributed by atoms with Crippen molar-refractivity contribution in [2.45, 2.75) is 31.1 Å². The van der Waals surface area contributed by atoms with Crippen molar-refractivity contribution >= 4 is 23.3 Å². The highest BCUT2D eigenvalue weighted by Crippen LogP contribution is 2.28. The quantitative estimate of drug-likeness (QED) is 0.834. The van der Waals surface area contributed by atoms with Crippen LogP contribution in [0.25, 0.3) is 0 Å². The van der Waals surface area contributed by atoms with E-state index in [1.54, 1.807) is 4.90 Å². The predicted octanol–water partition coefficient (Wildman–Crippen LogP) is 0.939. The Morgan fingerprint density at radius 2 is 1.88 bits per heavy atom. The molecule has 7 nitrogen and oxygen atoms in total. The molecule has 1 aromatic rings. The number of primary amides is 1. The standard InChI is InChI=1S/C18H26FN5O2/c1-22(2)16-11-23(10-14(16)19)12-5-7-13(8-6-12)24-9-3-4-15(17(24)25)21-18(20)26/h5-8,14-16H,3-4,9-11H2,1-2H3,(H3,20,21,26)/t14?,15-,16?/m1/s1. The van der Waals surface area contributed by atoms with Crippen LogP contribution in [0.15, 0.2) is 24.3 Å². The lowest BCUT2D eigenvalue weighted by Crippen LogP contribution is -2.53. The van der Waals surface area contributed by atoms with E-state index in [1.807, 2.05) is 48.2 Å². The van der Waals surface area contributed by atoms with Crippen molar-refractivity contribution in [3.63, 3.8) is 0 Å². The fourth-order valence-corrected chi connectivity index (χ4v) is 3.73. The molecule has 3 N–H and O–H groups in total. The molecule has 26 heavy (non-hydrogen) atoms. The first-order valence-corrected chi connectivity index (χ1v) is 8.89. The molecule has 2 aliphatic rings. The van der Waals surface area contributed by atoms with Crippen LogP contribution in [0.3, 0.4) is 0 Å². The van der Waals surface area contributed by atoms with Gasteiger partial charge in [-0.3, -0.25) is 4.79 Å². The molecule has 1 aromatic carbocycles. The third-order valence-electron chi connectivity index (χ3n) is 5.16. The number of benzene rings is 1. The molecular weight excluding hydrogens is 337 g/mol. The van der Waals surface area contributed by atoms with Gasteiger partial charge in [0.1, 0.15) is 12.2 Å². The zero-order valence-corrected chi connectivity index (χ0v) is 15.2. The monoisotopic (exact) mass is 363 g/mol. The van der Waals surface area contributed by atoms with Crippen LogP contribution in [0.5, 0.6) is 0 Å². The fraction of sp³-hybridized carbons (Fsp3) is 0.556. The molecule has 0 bridgehead atoms. The number of amides is 3. The molecule has 2 saturated heterocycles. The first-order chi connectivity index (χ1) is 12.4. The van der Waals surface area contributed by atoms with Gasteiger partial charge in [-0.1, -0.05) is 0 Å². The summed E-state index contributed by atoms with van der Waals surface area (Å²) in [5.41, 5.74) is 6.86. The minimum absolute atomic E-state index is 0.112. The van der Waals surface area contributed by atoms with E-state index in [-0.39, 0.29) is 11.9 Å². The summed E-state index contributed by atoms with van der Waals surface area (Å²) in [7, 11) is 3.78. The highest BCUT2D eigenvalue weighted by atomic mass is 19.1. The number of carbonyl (C=O) groups excluding carboxylic acids is 2. The van der Waals surface area contributed by atoms with Crippen LogP contribution >= 0.6 is 0 Å². The Labute approximate surface area is 152 Å². The van der Waals surface area contributed by atoms with Crippen LogP contribution in [0.4, 0.5) is 20.6 Å². The van der Waals surface area contributed by atoms with E-state index in [1.165, 1.54) is 0 Å². The first-order valence-electron chi connectivity index (χ1n) is 8.89. The number of nitrogens with zero attached hydrogens (tertiary/aromatic N) is 3. The number of nitrogens with two attached hydrogens (primary N) is 1. The molecule has 0 aromatic heterocycles. The highest BCUT2D eigenvalue weighted by Gasteiger charge is 2.34. The molecule has 2 unspecified atom stereocenters. The van der Waals surface area contributed by atoms with Gasteiger partial charge in [0.05, 0.1) is 12.6 Å². The summed E-state index contributed by atoms with van der Waals surface area (Å²) in [5.74, 6) is -0.152. The van der Waals surface area contributed by atoms with Gasteiger partial charge in [0.15, 0.2) is 0 Å². The van der Waals surface area contributed by atoms with Crippen LogP contribution in [0, 0.1) is 0 Å². The van der Waals surface area contributed by atoms with Crippen molar-refractivity contribution in [1.29, 1.82) is 0 Å². The second kappa shape index (κ2) is 7.49. The Bertz CT molecular complexity index is 666. The molecule has 0 spiro atoms. The topological polar surface area (TPSA) is 81.9 Å². The van der Waals surface area contributed by atoms with E-state index >= 15 is 0 Å². The van der Waals surface area contributed by atoms with Gasteiger partial charge in [0.2, 0.25) is 5.91 Å². The number of halogens is 1. The number of hydrogen-bond donors (Lipinski definition) is 2. The van der Waals surface area contributed by atoms with Crippen LogP contribution in [-0.4, -0.2) is 68.8 Å². The van der Waals surface area contributed by atoms with Gasteiger partial charge in [-0.05, 0) is 51.2 Å². The van der Waals surface area contributed by atoms with E-state index in [4.69, 9.17) is 5.73 Å². The zero-order valence-electron chi connectivity index (χ0n) is 15.2. The third kappa shape index (κ3) is 3.75. The van der Waals surface area contributed by atoms with Crippen molar-refractivity contribution < 1.29 is 14.0 Å². The van der Waals surface area contributed by atoms with Gasteiger partial charge in [-0.2, -0.15) is 0 Å². The summed E-state index contributed by atoms with van der Waals surface area (Å²) in [6.07, 6.45) is 0.501. The van der Waals surface area contributed by atoms with Crippen LogP contribution in [0.2, 0.25) is 0 Å². The molecule has 3 amide bonds. The van der Waals surface area contributed by atoms with Gasteiger partial charge in [0, 0.05) is 24.5 Å². The van der Waals surface area contributed by atoms with Crippen molar-refractivity contribution in [1.82, 2.24) is 10.2 Å². The van der Waals surface area contributed by atoms with Gasteiger partial charge in [-0.15, -0.1) is 0 Å². The minimum atomic E-state index is -0.881.